The molecule has 0 aliphatic carbocycles. The predicted octanol–water partition coefficient (Wildman–Crippen LogP) is 0.964. The van der Waals surface area contributed by atoms with Crippen molar-refractivity contribution in [1.29, 1.82) is 0 Å². The molecule has 0 radical (unpaired) electrons. The highest BCUT2D eigenvalue weighted by Crippen LogP contribution is 1.92. The third-order valence-corrected chi connectivity index (χ3v) is 1.46. The van der Waals surface area contributed by atoms with Crippen molar-refractivity contribution >= 4 is 18.2 Å². The standard InChI is InChI=1S/C10H17NO4/c1-3-14-9(12)6-5-7-11-8-10(13)15-4-2/h8H,3-7H2,1-2H3/b11-8+. The van der Waals surface area contributed by atoms with Crippen LogP contribution in [0.15, 0.2) is 4.99 Å². The quantitative estimate of drug-likeness (QED) is 0.360. The molecule has 5 nitrogen and oxygen atoms in total. The topological polar surface area (TPSA) is 65.0 Å². The summed E-state index contributed by atoms with van der Waals surface area (Å²) in [5, 5.41) is 0. The molecule has 5 heteroatoms. The second-order valence-electron chi connectivity index (χ2n) is 2.70. The van der Waals surface area contributed by atoms with Crippen LogP contribution in [0.4, 0.5) is 0 Å². The van der Waals surface area contributed by atoms with Crippen molar-refractivity contribution in [1.82, 2.24) is 0 Å². The molecule has 0 saturated carbocycles. The van der Waals surface area contributed by atoms with Gasteiger partial charge < -0.3 is 9.47 Å². The van der Waals surface area contributed by atoms with Crippen molar-refractivity contribution < 1.29 is 19.1 Å². The van der Waals surface area contributed by atoms with Crippen LogP contribution in [-0.4, -0.2) is 37.9 Å². The van der Waals surface area contributed by atoms with Gasteiger partial charge in [-0.1, -0.05) is 0 Å². The summed E-state index contributed by atoms with van der Waals surface area (Å²) >= 11 is 0. The predicted molar refractivity (Wildman–Crippen MR) is 55.9 cm³/mol. The minimum Gasteiger partial charge on any atom is -0.466 e. The van der Waals surface area contributed by atoms with Crippen LogP contribution in [0, 0.1) is 0 Å². The van der Waals surface area contributed by atoms with E-state index in [-0.39, 0.29) is 5.97 Å². The molecule has 0 aromatic carbocycles. The van der Waals surface area contributed by atoms with E-state index in [0.717, 1.165) is 6.21 Å². The van der Waals surface area contributed by atoms with E-state index in [2.05, 4.69) is 9.73 Å². The van der Waals surface area contributed by atoms with Crippen molar-refractivity contribution in [3.63, 3.8) is 0 Å². The van der Waals surface area contributed by atoms with E-state index in [1.807, 2.05) is 0 Å². The van der Waals surface area contributed by atoms with Crippen LogP contribution in [-0.2, 0) is 19.1 Å². The Balaban J connectivity index is 3.45. The molecule has 0 aliphatic rings. The fraction of sp³-hybridized carbons (Fsp3) is 0.700. The summed E-state index contributed by atoms with van der Waals surface area (Å²) in [7, 11) is 0. The van der Waals surface area contributed by atoms with E-state index < -0.39 is 5.97 Å². The Morgan fingerprint density at radius 2 is 1.87 bits per heavy atom. The number of ether oxygens (including phenoxy) is 2. The summed E-state index contributed by atoms with van der Waals surface area (Å²) in [5.41, 5.74) is 0. The third kappa shape index (κ3) is 8.93. The minimum absolute atomic E-state index is 0.233. The zero-order chi connectivity index (χ0) is 11.5. The van der Waals surface area contributed by atoms with Gasteiger partial charge in [0, 0.05) is 13.0 Å². The Morgan fingerprint density at radius 3 is 2.47 bits per heavy atom. The molecule has 0 bridgehead atoms. The Morgan fingerprint density at radius 1 is 1.20 bits per heavy atom. The van der Waals surface area contributed by atoms with Gasteiger partial charge in [0.15, 0.2) is 0 Å². The molecule has 0 heterocycles. The van der Waals surface area contributed by atoms with E-state index in [9.17, 15) is 9.59 Å². The van der Waals surface area contributed by atoms with Crippen LogP contribution in [0.3, 0.4) is 0 Å². The lowest BCUT2D eigenvalue weighted by Gasteiger charge is -1.99. The molecule has 0 unspecified atom stereocenters. The van der Waals surface area contributed by atoms with Gasteiger partial charge in [-0.3, -0.25) is 9.79 Å². The lowest BCUT2D eigenvalue weighted by atomic mass is 10.3. The highest BCUT2D eigenvalue weighted by molar-refractivity contribution is 6.23. The first-order valence-corrected chi connectivity index (χ1v) is 5.02. The maximum atomic E-state index is 10.9. The molecular formula is C10H17NO4. The van der Waals surface area contributed by atoms with Gasteiger partial charge in [0.1, 0.15) is 6.21 Å². The van der Waals surface area contributed by atoms with Gasteiger partial charge in [0.25, 0.3) is 0 Å². The largest absolute Gasteiger partial charge is 0.466 e. The number of carbonyl (C=O) groups is 2. The van der Waals surface area contributed by atoms with Gasteiger partial charge in [-0.05, 0) is 20.3 Å². The zero-order valence-electron chi connectivity index (χ0n) is 9.19. The van der Waals surface area contributed by atoms with Gasteiger partial charge >= 0.3 is 11.9 Å². The lowest BCUT2D eigenvalue weighted by Crippen LogP contribution is -2.06. The first-order valence-electron chi connectivity index (χ1n) is 5.02. The van der Waals surface area contributed by atoms with E-state index >= 15 is 0 Å². The van der Waals surface area contributed by atoms with Crippen molar-refractivity contribution in [3.8, 4) is 0 Å². The van der Waals surface area contributed by atoms with Crippen molar-refractivity contribution in [2.75, 3.05) is 19.8 Å². The number of carbonyl (C=O) groups excluding carboxylic acids is 2. The maximum absolute atomic E-state index is 10.9. The molecule has 0 aliphatic heterocycles. The highest BCUT2D eigenvalue weighted by Gasteiger charge is 1.99. The molecule has 0 saturated heterocycles. The summed E-state index contributed by atoms with van der Waals surface area (Å²) in [4.78, 5) is 25.5. The van der Waals surface area contributed by atoms with Crippen LogP contribution in [0.2, 0.25) is 0 Å². The van der Waals surface area contributed by atoms with Crippen molar-refractivity contribution in [2.45, 2.75) is 26.7 Å². The average Bonchev–Trinajstić information content (AvgIpc) is 2.18. The van der Waals surface area contributed by atoms with Gasteiger partial charge in [-0.2, -0.15) is 0 Å². The van der Waals surface area contributed by atoms with Gasteiger partial charge in [0.2, 0.25) is 0 Å². The summed E-state index contributed by atoms with van der Waals surface area (Å²) < 4.78 is 9.35. The Hall–Kier alpha value is -1.39. The van der Waals surface area contributed by atoms with Gasteiger partial charge in [-0.15, -0.1) is 0 Å². The van der Waals surface area contributed by atoms with E-state index in [4.69, 9.17) is 4.74 Å². The van der Waals surface area contributed by atoms with Crippen LogP contribution in [0.25, 0.3) is 0 Å². The average molecular weight is 215 g/mol. The molecule has 0 fully saturated rings. The zero-order valence-corrected chi connectivity index (χ0v) is 9.19. The molecule has 0 aromatic rings. The molecule has 0 spiro atoms. The number of esters is 2. The van der Waals surface area contributed by atoms with E-state index in [1.165, 1.54) is 0 Å². The number of hydrogen-bond acceptors (Lipinski definition) is 5. The fourth-order valence-electron chi connectivity index (χ4n) is 0.866. The lowest BCUT2D eigenvalue weighted by molar-refractivity contribution is -0.143. The normalized spacial score (nSPS) is 10.3. The van der Waals surface area contributed by atoms with Gasteiger partial charge in [0.05, 0.1) is 13.2 Å². The van der Waals surface area contributed by atoms with E-state index in [0.29, 0.717) is 32.6 Å². The van der Waals surface area contributed by atoms with Crippen LogP contribution < -0.4 is 0 Å². The Labute approximate surface area is 89.5 Å². The minimum atomic E-state index is -0.450. The third-order valence-electron chi connectivity index (χ3n) is 1.46. The fourth-order valence-corrected chi connectivity index (χ4v) is 0.866. The summed E-state index contributed by atoms with van der Waals surface area (Å²) in [6, 6.07) is 0. The first kappa shape index (κ1) is 13.6. The number of nitrogens with zero attached hydrogens (tertiary/aromatic N) is 1. The molecule has 0 rings (SSSR count). The summed E-state index contributed by atoms with van der Waals surface area (Å²) in [6.45, 7) is 4.65. The molecular weight excluding hydrogens is 198 g/mol. The second kappa shape index (κ2) is 9.18. The molecule has 0 N–H and O–H groups in total. The Kier molecular flexibility index (Phi) is 8.33. The van der Waals surface area contributed by atoms with Gasteiger partial charge in [-0.25, -0.2) is 4.79 Å². The van der Waals surface area contributed by atoms with Crippen LogP contribution >= 0.6 is 0 Å². The number of aliphatic imine (C=N–C) groups is 1. The van der Waals surface area contributed by atoms with Crippen molar-refractivity contribution in [2.24, 2.45) is 4.99 Å². The summed E-state index contributed by atoms with van der Waals surface area (Å²) in [6.07, 6.45) is 2.04. The molecule has 0 amide bonds. The Bertz CT molecular complexity index is 225. The smallest absolute Gasteiger partial charge is 0.348 e. The number of rotatable bonds is 7. The second-order valence-corrected chi connectivity index (χ2v) is 2.70. The van der Waals surface area contributed by atoms with Crippen LogP contribution in [0.1, 0.15) is 26.7 Å². The number of hydrogen-bond donors (Lipinski definition) is 0. The van der Waals surface area contributed by atoms with Crippen LogP contribution in [0.5, 0.6) is 0 Å². The molecule has 15 heavy (non-hydrogen) atoms. The molecule has 0 atom stereocenters. The SMILES string of the molecule is CCOC(=O)/C=N/CCCC(=O)OCC. The first-order chi connectivity index (χ1) is 7.20. The van der Waals surface area contributed by atoms with Crippen molar-refractivity contribution in [3.05, 3.63) is 0 Å². The molecule has 86 valence electrons. The highest BCUT2D eigenvalue weighted by atomic mass is 16.5. The van der Waals surface area contributed by atoms with E-state index in [1.54, 1.807) is 13.8 Å². The maximum Gasteiger partial charge on any atom is 0.348 e. The monoisotopic (exact) mass is 215 g/mol. The summed E-state index contributed by atoms with van der Waals surface area (Å²) in [5.74, 6) is -0.683. The molecule has 0 aromatic heterocycles.